The summed E-state index contributed by atoms with van der Waals surface area (Å²) in [7, 11) is -0.346. The van der Waals surface area contributed by atoms with Crippen LogP contribution in [-0.2, 0) is 25.2 Å². The molecule has 0 aromatic heterocycles. The Morgan fingerprint density at radius 3 is 2.71 bits per heavy atom. The normalized spacial score (nSPS) is 15.4. The largest absolute Gasteiger partial charge is 0.496 e. The molecule has 0 amide bonds. The number of primary sulfonamides is 1. The van der Waals surface area contributed by atoms with Crippen LogP contribution in [0.25, 0.3) is 11.1 Å². The van der Waals surface area contributed by atoms with Crippen LogP contribution in [0.3, 0.4) is 0 Å². The van der Waals surface area contributed by atoms with Gasteiger partial charge in [-0.05, 0) is 29.7 Å². The average molecular weight is 448 g/mol. The molecular formula is C23H29NO6S. The Balaban J connectivity index is 1.82. The molecule has 1 aliphatic rings. The molecule has 0 aliphatic carbocycles. The molecule has 2 N–H and O–H groups in total. The number of hydrogen-bond acceptors (Lipinski definition) is 6. The highest BCUT2D eigenvalue weighted by Gasteiger charge is 2.28. The quantitative estimate of drug-likeness (QED) is 0.418. The van der Waals surface area contributed by atoms with Crippen LogP contribution >= 0.6 is 0 Å². The molecule has 0 bridgehead atoms. The van der Waals surface area contributed by atoms with Crippen molar-refractivity contribution in [2.45, 2.75) is 24.7 Å². The van der Waals surface area contributed by atoms with Gasteiger partial charge in [0.05, 0.1) is 25.0 Å². The molecule has 3 rings (SSSR count). The molecule has 0 radical (unpaired) electrons. The summed E-state index contributed by atoms with van der Waals surface area (Å²) in [5, 5.41) is 5.25. The van der Waals surface area contributed by atoms with Crippen molar-refractivity contribution in [3.05, 3.63) is 59.7 Å². The molecule has 1 atom stereocenters. The molecule has 0 spiro atoms. The van der Waals surface area contributed by atoms with Crippen LogP contribution in [0.4, 0.5) is 0 Å². The summed E-state index contributed by atoms with van der Waals surface area (Å²) in [4.78, 5) is 0. The number of ether oxygens (including phenoxy) is 4. The van der Waals surface area contributed by atoms with Crippen LogP contribution < -0.4 is 14.6 Å². The maximum Gasteiger partial charge on any atom is 0.213 e. The van der Waals surface area contributed by atoms with Crippen LogP contribution in [0, 0.1) is 0 Å². The van der Waals surface area contributed by atoms with Crippen LogP contribution in [0.2, 0.25) is 0 Å². The number of fused-ring (bicyclic) bond motifs is 3. The minimum atomic E-state index is -3.63. The molecule has 7 nitrogen and oxygen atoms in total. The standard InChI is InChI=1S/C23H29NO6S/c1-27-12-6-14-29-13-4-3-7-20-19-15-17(16-31(24,25)26)10-11-18(19)23-21(28-2)8-5-9-22(23)30-20/h3-5,8-11,15,20H,6-7,12-14,16H2,1-2H3,(H2,24,25,26). The minimum absolute atomic E-state index is 0.225. The molecule has 8 heteroatoms. The fourth-order valence-corrected chi connectivity index (χ4v) is 4.25. The number of benzene rings is 2. The van der Waals surface area contributed by atoms with Crippen molar-refractivity contribution in [2.24, 2.45) is 5.14 Å². The zero-order valence-corrected chi connectivity index (χ0v) is 18.7. The van der Waals surface area contributed by atoms with Crippen LogP contribution in [-0.4, -0.2) is 42.5 Å². The van der Waals surface area contributed by atoms with Crippen LogP contribution in [0.5, 0.6) is 11.5 Å². The van der Waals surface area contributed by atoms with Crippen molar-refractivity contribution in [3.8, 4) is 22.6 Å². The van der Waals surface area contributed by atoms with E-state index in [4.69, 9.17) is 24.1 Å². The van der Waals surface area contributed by atoms with E-state index < -0.39 is 10.0 Å². The van der Waals surface area contributed by atoms with Gasteiger partial charge in [0.2, 0.25) is 10.0 Å². The number of methoxy groups -OCH3 is 2. The van der Waals surface area contributed by atoms with Crippen LogP contribution in [0.15, 0.2) is 48.6 Å². The van der Waals surface area contributed by atoms with Crippen molar-refractivity contribution >= 4 is 10.0 Å². The second kappa shape index (κ2) is 10.8. The lowest BCUT2D eigenvalue weighted by molar-refractivity contribution is 0.120. The van der Waals surface area contributed by atoms with E-state index in [-0.39, 0.29) is 11.9 Å². The first-order valence-electron chi connectivity index (χ1n) is 10.1. The molecule has 168 valence electrons. The molecule has 1 aliphatic heterocycles. The highest BCUT2D eigenvalue weighted by atomic mass is 32.2. The predicted octanol–water partition coefficient (Wildman–Crippen LogP) is 3.58. The number of sulfonamides is 1. The van der Waals surface area contributed by atoms with E-state index in [1.807, 2.05) is 42.5 Å². The smallest absolute Gasteiger partial charge is 0.213 e. The zero-order valence-electron chi connectivity index (χ0n) is 17.9. The summed E-state index contributed by atoms with van der Waals surface area (Å²) >= 11 is 0. The van der Waals surface area contributed by atoms with Gasteiger partial charge in [0.1, 0.15) is 17.6 Å². The molecule has 2 aromatic carbocycles. The molecule has 0 fully saturated rings. The predicted molar refractivity (Wildman–Crippen MR) is 120 cm³/mol. The van der Waals surface area contributed by atoms with Gasteiger partial charge in [-0.25, -0.2) is 13.6 Å². The summed E-state index contributed by atoms with van der Waals surface area (Å²) in [6.07, 6.45) is 5.19. The Labute approximate surface area is 183 Å². The SMILES string of the molecule is COCCCOCC=CCC1Oc2cccc(OC)c2-c2ccc(CS(N)(=O)=O)cc21. The molecule has 0 saturated carbocycles. The third-order valence-corrected chi connectivity index (χ3v) is 5.68. The third kappa shape index (κ3) is 6.30. The van der Waals surface area contributed by atoms with Crippen molar-refractivity contribution in [1.29, 1.82) is 0 Å². The first-order valence-corrected chi connectivity index (χ1v) is 11.8. The lowest BCUT2D eigenvalue weighted by Crippen LogP contribution is -2.17. The second-order valence-electron chi connectivity index (χ2n) is 7.30. The van der Waals surface area contributed by atoms with E-state index in [1.54, 1.807) is 20.3 Å². The highest BCUT2D eigenvalue weighted by molar-refractivity contribution is 7.88. The van der Waals surface area contributed by atoms with Gasteiger partial charge in [0, 0.05) is 32.3 Å². The lowest BCUT2D eigenvalue weighted by atomic mass is 9.89. The Hall–Kier alpha value is -2.39. The van der Waals surface area contributed by atoms with Gasteiger partial charge in [-0.3, -0.25) is 0 Å². The van der Waals surface area contributed by atoms with Gasteiger partial charge in [0.25, 0.3) is 0 Å². The van der Waals surface area contributed by atoms with E-state index in [1.165, 1.54) is 0 Å². The van der Waals surface area contributed by atoms with Gasteiger partial charge >= 0.3 is 0 Å². The summed E-state index contributed by atoms with van der Waals surface area (Å²) < 4.78 is 45.5. The van der Waals surface area contributed by atoms with Crippen molar-refractivity contribution < 1.29 is 27.4 Å². The fourth-order valence-electron chi connectivity index (χ4n) is 3.61. The lowest BCUT2D eigenvalue weighted by Gasteiger charge is -2.29. The highest BCUT2D eigenvalue weighted by Crippen LogP contribution is 2.48. The second-order valence-corrected chi connectivity index (χ2v) is 8.91. The van der Waals surface area contributed by atoms with E-state index in [0.717, 1.165) is 28.9 Å². The van der Waals surface area contributed by atoms with Crippen LogP contribution in [0.1, 0.15) is 30.1 Å². The number of hydrogen-bond donors (Lipinski definition) is 1. The van der Waals surface area contributed by atoms with Gasteiger partial charge in [-0.1, -0.05) is 36.4 Å². The van der Waals surface area contributed by atoms with Gasteiger partial charge < -0.3 is 18.9 Å². The fraction of sp³-hybridized carbons (Fsp3) is 0.391. The molecule has 1 heterocycles. The maximum absolute atomic E-state index is 11.6. The van der Waals surface area contributed by atoms with E-state index >= 15 is 0 Å². The van der Waals surface area contributed by atoms with Gasteiger partial charge in [-0.15, -0.1) is 0 Å². The summed E-state index contributed by atoms with van der Waals surface area (Å²) in [5.41, 5.74) is 3.36. The molecule has 0 saturated heterocycles. The minimum Gasteiger partial charge on any atom is -0.496 e. The Kier molecular flexibility index (Phi) is 8.09. The Morgan fingerprint density at radius 1 is 1.13 bits per heavy atom. The topological polar surface area (TPSA) is 97.1 Å². The van der Waals surface area contributed by atoms with Crippen molar-refractivity contribution in [1.82, 2.24) is 0 Å². The van der Waals surface area contributed by atoms with E-state index in [0.29, 0.717) is 37.6 Å². The summed E-state index contributed by atoms with van der Waals surface area (Å²) in [5.74, 6) is 1.22. The maximum atomic E-state index is 11.6. The summed E-state index contributed by atoms with van der Waals surface area (Å²) in [6, 6.07) is 11.2. The van der Waals surface area contributed by atoms with E-state index in [2.05, 4.69) is 0 Å². The molecule has 2 aromatic rings. The zero-order chi connectivity index (χ0) is 22.3. The van der Waals surface area contributed by atoms with Crippen molar-refractivity contribution in [3.63, 3.8) is 0 Å². The average Bonchev–Trinajstić information content (AvgIpc) is 2.73. The third-order valence-electron chi connectivity index (χ3n) is 4.95. The molecular weight excluding hydrogens is 418 g/mol. The molecule has 31 heavy (non-hydrogen) atoms. The molecule has 1 unspecified atom stereocenters. The first kappa shape index (κ1) is 23.3. The van der Waals surface area contributed by atoms with E-state index in [9.17, 15) is 8.42 Å². The first-order chi connectivity index (χ1) is 14.9. The summed E-state index contributed by atoms with van der Waals surface area (Å²) in [6.45, 7) is 1.84. The Morgan fingerprint density at radius 2 is 1.97 bits per heavy atom. The monoisotopic (exact) mass is 447 g/mol. The van der Waals surface area contributed by atoms with Gasteiger partial charge in [-0.2, -0.15) is 0 Å². The number of nitrogens with two attached hydrogens (primary N) is 1. The van der Waals surface area contributed by atoms with Crippen molar-refractivity contribution in [2.75, 3.05) is 34.0 Å². The number of rotatable bonds is 11. The Bertz CT molecular complexity index is 1020. The van der Waals surface area contributed by atoms with Gasteiger partial charge in [0.15, 0.2) is 0 Å².